The molecule has 2 rings (SSSR count). The zero-order valence-electron chi connectivity index (χ0n) is 17.5. The van der Waals surface area contributed by atoms with Gasteiger partial charge in [0.2, 0.25) is 5.88 Å². The Kier molecular flexibility index (Phi) is 11.9. The first-order chi connectivity index (χ1) is 13.7. The number of benzene rings is 1. The number of rotatable bonds is 10. The molecule has 0 aliphatic rings. The Morgan fingerprint density at radius 2 is 1.83 bits per heavy atom. The van der Waals surface area contributed by atoms with E-state index in [1.165, 1.54) is 5.56 Å². The Hall–Kier alpha value is -2.23. The second kappa shape index (κ2) is 13.9. The van der Waals surface area contributed by atoms with E-state index in [-0.39, 0.29) is 24.0 Å². The number of methoxy groups -OCH3 is 1. The maximum Gasteiger partial charge on any atom is 0.218 e. The third-order valence-corrected chi connectivity index (χ3v) is 4.03. The Balaban J connectivity index is 0.00000420. The molecule has 0 saturated carbocycles. The number of hydrogen-bond acceptors (Lipinski definition) is 5. The smallest absolute Gasteiger partial charge is 0.218 e. The normalized spacial score (nSPS) is 10.7. The van der Waals surface area contributed by atoms with Crippen molar-refractivity contribution in [1.29, 1.82) is 0 Å². The molecule has 160 valence electrons. The molecular weight excluding hydrogens is 483 g/mol. The van der Waals surface area contributed by atoms with Gasteiger partial charge in [-0.1, -0.05) is 12.1 Å². The number of aliphatic imine (C=N–C) groups is 1. The number of guanidine groups is 1. The Morgan fingerprint density at radius 1 is 1.07 bits per heavy atom. The molecule has 29 heavy (non-hydrogen) atoms. The van der Waals surface area contributed by atoms with E-state index in [1.807, 2.05) is 38.1 Å². The molecule has 0 aliphatic heterocycles. The largest absolute Gasteiger partial charge is 0.490 e. The molecule has 2 N–H and O–H groups in total. The van der Waals surface area contributed by atoms with E-state index < -0.39 is 0 Å². The average molecular weight is 514 g/mol. The second-order valence-electron chi connectivity index (χ2n) is 5.92. The van der Waals surface area contributed by atoms with Crippen LogP contribution in [-0.4, -0.2) is 44.9 Å². The van der Waals surface area contributed by atoms with E-state index >= 15 is 0 Å². The van der Waals surface area contributed by atoms with Gasteiger partial charge in [0.05, 0.1) is 20.3 Å². The molecule has 0 spiro atoms. The lowest BCUT2D eigenvalue weighted by molar-refractivity contribution is 0.287. The summed E-state index contributed by atoms with van der Waals surface area (Å²) in [6.07, 6.45) is 2.55. The van der Waals surface area contributed by atoms with E-state index in [2.05, 4.69) is 26.7 Å². The zero-order valence-corrected chi connectivity index (χ0v) is 19.9. The van der Waals surface area contributed by atoms with E-state index in [0.717, 1.165) is 36.0 Å². The van der Waals surface area contributed by atoms with E-state index in [9.17, 15) is 0 Å². The molecular formula is C21H31IN4O3. The lowest BCUT2D eigenvalue weighted by Gasteiger charge is -2.14. The second-order valence-corrected chi connectivity index (χ2v) is 5.92. The number of aromatic nitrogens is 1. The van der Waals surface area contributed by atoms with Gasteiger partial charge in [0, 0.05) is 31.9 Å². The van der Waals surface area contributed by atoms with E-state index in [0.29, 0.717) is 25.6 Å². The van der Waals surface area contributed by atoms with Crippen LogP contribution < -0.4 is 24.8 Å². The molecule has 1 aromatic heterocycles. The molecule has 0 fully saturated rings. The highest BCUT2D eigenvalue weighted by molar-refractivity contribution is 14.0. The van der Waals surface area contributed by atoms with Gasteiger partial charge in [-0.25, -0.2) is 4.98 Å². The van der Waals surface area contributed by atoms with Crippen LogP contribution in [0.3, 0.4) is 0 Å². The molecule has 7 nitrogen and oxygen atoms in total. The van der Waals surface area contributed by atoms with Gasteiger partial charge in [-0.15, -0.1) is 24.0 Å². The molecule has 1 heterocycles. The van der Waals surface area contributed by atoms with Gasteiger partial charge in [-0.2, -0.15) is 0 Å². The first-order valence-corrected chi connectivity index (χ1v) is 9.52. The molecule has 0 saturated heterocycles. The van der Waals surface area contributed by atoms with Crippen LogP contribution >= 0.6 is 24.0 Å². The van der Waals surface area contributed by atoms with Gasteiger partial charge in [-0.3, -0.25) is 4.99 Å². The maximum absolute atomic E-state index is 5.69. The van der Waals surface area contributed by atoms with Crippen molar-refractivity contribution in [3.8, 4) is 17.4 Å². The van der Waals surface area contributed by atoms with Gasteiger partial charge in [0.15, 0.2) is 17.5 Å². The number of nitrogens with zero attached hydrogens (tertiary/aromatic N) is 2. The molecule has 0 radical (unpaired) electrons. The fraction of sp³-hybridized carbons (Fsp3) is 0.429. The molecule has 8 heteroatoms. The summed E-state index contributed by atoms with van der Waals surface area (Å²) in [5, 5.41) is 6.60. The van der Waals surface area contributed by atoms with Crippen LogP contribution in [0.2, 0.25) is 0 Å². The van der Waals surface area contributed by atoms with Gasteiger partial charge in [0.25, 0.3) is 0 Å². The third-order valence-electron chi connectivity index (χ3n) is 4.03. The monoisotopic (exact) mass is 514 g/mol. The van der Waals surface area contributed by atoms with Crippen LogP contribution in [0.4, 0.5) is 0 Å². The van der Waals surface area contributed by atoms with Crippen LogP contribution in [-0.2, 0) is 13.0 Å². The van der Waals surface area contributed by atoms with Crippen LogP contribution in [0.5, 0.6) is 17.4 Å². The summed E-state index contributed by atoms with van der Waals surface area (Å²) in [6.45, 7) is 6.47. The van der Waals surface area contributed by atoms with Crippen molar-refractivity contribution in [3.05, 3.63) is 47.7 Å². The van der Waals surface area contributed by atoms with Crippen molar-refractivity contribution in [1.82, 2.24) is 15.6 Å². The summed E-state index contributed by atoms with van der Waals surface area (Å²) in [5.74, 6) is 2.90. The minimum absolute atomic E-state index is 0. The molecule has 2 aromatic rings. The number of hydrogen-bond donors (Lipinski definition) is 2. The summed E-state index contributed by atoms with van der Waals surface area (Å²) in [6, 6.07) is 9.92. The Bertz CT molecular complexity index is 771. The first-order valence-electron chi connectivity index (χ1n) is 9.52. The Labute approximate surface area is 190 Å². The number of pyridine rings is 1. The molecule has 0 amide bonds. The standard InChI is InChI=1S/C21H30N4O3.HI/c1-5-27-18-10-9-16(14-19(18)28-6-2)11-13-24-21(22-3)25-15-17-8-7-12-23-20(17)26-4;/h7-10,12,14H,5-6,11,13,15H2,1-4H3,(H2,22,24,25);1H. The van der Waals surface area contributed by atoms with Gasteiger partial charge >= 0.3 is 0 Å². The summed E-state index contributed by atoms with van der Waals surface area (Å²) in [7, 11) is 3.37. The number of ether oxygens (including phenoxy) is 3. The minimum atomic E-state index is 0. The average Bonchev–Trinajstić information content (AvgIpc) is 2.72. The highest BCUT2D eigenvalue weighted by atomic mass is 127. The van der Waals surface area contributed by atoms with Gasteiger partial charge < -0.3 is 24.8 Å². The highest BCUT2D eigenvalue weighted by Gasteiger charge is 2.07. The maximum atomic E-state index is 5.69. The van der Waals surface area contributed by atoms with Crippen LogP contribution in [0, 0.1) is 0 Å². The summed E-state index contributed by atoms with van der Waals surface area (Å²) in [4.78, 5) is 8.47. The van der Waals surface area contributed by atoms with Gasteiger partial charge in [-0.05, 0) is 44.0 Å². The van der Waals surface area contributed by atoms with Crippen molar-refractivity contribution < 1.29 is 14.2 Å². The van der Waals surface area contributed by atoms with Crippen molar-refractivity contribution in [2.75, 3.05) is 33.9 Å². The quantitative estimate of drug-likeness (QED) is 0.288. The molecule has 0 aliphatic carbocycles. The van der Waals surface area contributed by atoms with Crippen molar-refractivity contribution >= 4 is 29.9 Å². The lowest BCUT2D eigenvalue weighted by Crippen LogP contribution is -2.37. The van der Waals surface area contributed by atoms with Crippen LogP contribution in [0.25, 0.3) is 0 Å². The predicted octanol–water partition coefficient (Wildman–Crippen LogP) is 3.41. The van der Waals surface area contributed by atoms with E-state index in [4.69, 9.17) is 14.2 Å². The minimum Gasteiger partial charge on any atom is -0.490 e. The van der Waals surface area contributed by atoms with Crippen molar-refractivity contribution in [2.24, 2.45) is 4.99 Å². The van der Waals surface area contributed by atoms with Crippen molar-refractivity contribution in [3.63, 3.8) is 0 Å². The zero-order chi connectivity index (χ0) is 20.2. The van der Waals surface area contributed by atoms with Gasteiger partial charge in [0.1, 0.15) is 0 Å². The predicted molar refractivity (Wildman–Crippen MR) is 127 cm³/mol. The molecule has 1 aromatic carbocycles. The van der Waals surface area contributed by atoms with E-state index in [1.54, 1.807) is 20.4 Å². The molecule has 0 bridgehead atoms. The fourth-order valence-electron chi connectivity index (χ4n) is 2.72. The number of nitrogens with one attached hydrogen (secondary N) is 2. The van der Waals surface area contributed by atoms with Crippen LogP contribution in [0.15, 0.2) is 41.5 Å². The molecule has 0 atom stereocenters. The van der Waals surface area contributed by atoms with Crippen molar-refractivity contribution in [2.45, 2.75) is 26.8 Å². The SMILES string of the molecule is CCOc1ccc(CCNC(=NC)NCc2cccnc2OC)cc1OCC.I. The topological polar surface area (TPSA) is 77.0 Å². The fourth-order valence-corrected chi connectivity index (χ4v) is 2.72. The van der Waals surface area contributed by atoms with Crippen LogP contribution in [0.1, 0.15) is 25.0 Å². The first kappa shape index (κ1) is 24.8. The third kappa shape index (κ3) is 7.96. The number of halogens is 1. The summed E-state index contributed by atoms with van der Waals surface area (Å²) in [5.41, 5.74) is 2.14. The Morgan fingerprint density at radius 3 is 2.52 bits per heavy atom. The summed E-state index contributed by atoms with van der Waals surface area (Å²) < 4.78 is 16.6. The lowest BCUT2D eigenvalue weighted by atomic mass is 10.1. The summed E-state index contributed by atoms with van der Waals surface area (Å²) >= 11 is 0. The highest BCUT2D eigenvalue weighted by Crippen LogP contribution is 2.28. The molecule has 0 unspecified atom stereocenters.